The van der Waals surface area contributed by atoms with Crippen LogP contribution in [0.2, 0.25) is 0 Å². The van der Waals surface area contributed by atoms with Crippen molar-refractivity contribution in [3.05, 3.63) is 48.0 Å². The second kappa shape index (κ2) is 4.96. The molecule has 0 radical (unpaired) electrons. The van der Waals surface area contributed by atoms with E-state index in [1.54, 1.807) is 0 Å². The van der Waals surface area contributed by atoms with E-state index in [4.69, 9.17) is 0 Å². The highest BCUT2D eigenvalue weighted by atomic mass is 16.1. The summed E-state index contributed by atoms with van der Waals surface area (Å²) in [5.41, 5.74) is 1.69. The van der Waals surface area contributed by atoms with E-state index in [1.807, 2.05) is 25.1 Å². The summed E-state index contributed by atoms with van der Waals surface area (Å²) in [6.07, 6.45) is 3.87. The van der Waals surface area contributed by atoms with Crippen molar-refractivity contribution in [2.75, 3.05) is 0 Å². The quantitative estimate of drug-likeness (QED) is 0.718. The summed E-state index contributed by atoms with van der Waals surface area (Å²) in [6, 6.07) is 10.2. The third kappa shape index (κ3) is 2.51. The van der Waals surface area contributed by atoms with Gasteiger partial charge in [-0.25, -0.2) is 0 Å². The molecule has 0 aliphatic heterocycles. The van der Waals surface area contributed by atoms with E-state index in [0.29, 0.717) is 5.78 Å². The molecule has 0 bridgehead atoms. The van der Waals surface area contributed by atoms with E-state index in [0.717, 1.165) is 36.8 Å². The minimum Gasteiger partial charge on any atom is -0.298 e. The van der Waals surface area contributed by atoms with E-state index in [1.165, 1.54) is 0 Å². The number of hydrogen-bond acceptors (Lipinski definition) is 1. The maximum absolute atomic E-state index is 13.1. The highest BCUT2D eigenvalue weighted by Gasteiger charge is 2.48. The molecular formula is C18H24O. The Kier molecular flexibility index (Phi) is 3.66. The SMILES string of the molecule is C=C(C)C[C@]1(C)CCC[C@@](C)(c2ccccc2)C1=O. The standard InChI is InChI=1S/C18H24O/c1-14(2)13-17(3)11-8-12-18(4,16(17)19)15-9-6-5-7-10-15/h5-7,9-10H,1,8,11-13H2,2-4H3/t17-,18-/m0/s1. The number of rotatable bonds is 3. The minimum absolute atomic E-state index is 0.241. The van der Waals surface area contributed by atoms with Crippen molar-refractivity contribution >= 4 is 5.78 Å². The van der Waals surface area contributed by atoms with Crippen LogP contribution in [0.5, 0.6) is 0 Å². The van der Waals surface area contributed by atoms with Crippen LogP contribution in [-0.2, 0) is 10.2 Å². The second-order valence-corrected chi connectivity index (χ2v) is 6.58. The lowest BCUT2D eigenvalue weighted by Gasteiger charge is -2.43. The Balaban J connectivity index is 2.37. The third-order valence-electron chi connectivity index (χ3n) is 4.56. The highest BCUT2D eigenvalue weighted by Crippen LogP contribution is 2.47. The summed E-state index contributed by atoms with van der Waals surface area (Å²) in [5.74, 6) is 0.389. The molecule has 1 aromatic rings. The maximum atomic E-state index is 13.1. The van der Waals surface area contributed by atoms with Gasteiger partial charge in [-0.15, -0.1) is 6.58 Å². The number of benzene rings is 1. The number of hydrogen-bond donors (Lipinski definition) is 0. The molecular weight excluding hydrogens is 232 g/mol. The average molecular weight is 256 g/mol. The van der Waals surface area contributed by atoms with Gasteiger partial charge in [-0.1, -0.05) is 49.2 Å². The van der Waals surface area contributed by atoms with Gasteiger partial charge in [0.25, 0.3) is 0 Å². The Bertz CT molecular complexity index is 488. The van der Waals surface area contributed by atoms with Crippen LogP contribution >= 0.6 is 0 Å². The molecule has 1 aliphatic carbocycles. The van der Waals surface area contributed by atoms with Crippen molar-refractivity contribution in [1.29, 1.82) is 0 Å². The predicted octanol–water partition coefficient (Wildman–Crippen LogP) is 4.67. The average Bonchev–Trinajstić information content (AvgIpc) is 2.36. The van der Waals surface area contributed by atoms with E-state index in [-0.39, 0.29) is 10.8 Å². The molecule has 1 fully saturated rings. The molecule has 102 valence electrons. The number of carbonyl (C=O) groups is 1. The zero-order valence-corrected chi connectivity index (χ0v) is 12.3. The van der Waals surface area contributed by atoms with E-state index >= 15 is 0 Å². The lowest BCUT2D eigenvalue weighted by Crippen LogP contribution is -2.47. The first-order valence-electron chi connectivity index (χ1n) is 7.13. The Labute approximate surface area is 116 Å². The zero-order chi connectivity index (χ0) is 14.1. The van der Waals surface area contributed by atoms with Crippen LogP contribution in [0.1, 0.15) is 52.0 Å². The normalized spacial score (nSPS) is 31.2. The van der Waals surface area contributed by atoms with Crippen LogP contribution in [0.3, 0.4) is 0 Å². The van der Waals surface area contributed by atoms with Crippen LogP contribution in [0.15, 0.2) is 42.5 Å². The number of carbonyl (C=O) groups excluding carboxylic acids is 1. The fraction of sp³-hybridized carbons (Fsp3) is 0.500. The first-order valence-corrected chi connectivity index (χ1v) is 7.13. The van der Waals surface area contributed by atoms with Crippen molar-refractivity contribution < 1.29 is 4.79 Å². The third-order valence-corrected chi connectivity index (χ3v) is 4.56. The van der Waals surface area contributed by atoms with Crippen molar-refractivity contribution in [2.24, 2.45) is 5.41 Å². The lowest BCUT2D eigenvalue weighted by molar-refractivity contribution is -0.136. The Hall–Kier alpha value is -1.37. The fourth-order valence-electron chi connectivity index (χ4n) is 3.64. The van der Waals surface area contributed by atoms with Crippen molar-refractivity contribution in [2.45, 2.75) is 51.9 Å². The molecule has 0 aromatic heterocycles. The summed E-state index contributed by atoms with van der Waals surface area (Å²) >= 11 is 0. The van der Waals surface area contributed by atoms with Gasteiger partial charge in [-0.3, -0.25) is 4.79 Å². The molecule has 0 saturated heterocycles. The van der Waals surface area contributed by atoms with Crippen LogP contribution in [0.4, 0.5) is 0 Å². The first-order chi connectivity index (χ1) is 8.88. The highest BCUT2D eigenvalue weighted by molar-refractivity contribution is 5.95. The van der Waals surface area contributed by atoms with Crippen LogP contribution in [0.25, 0.3) is 0 Å². The largest absolute Gasteiger partial charge is 0.298 e. The Morgan fingerprint density at radius 3 is 2.42 bits per heavy atom. The number of ketones is 1. The van der Waals surface area contributed by atoms with Crippen molar-refractivity contribution in [3.8, 4) is 0 Å². The molecule has 0 spiro atoms. The molecule has 0 heterocycles. The molecule has 1 saturated carbocycles. The maximum Gasteiger partial charge on any atom is 0.149 e. The number of allylic oxidation sites excluding steroid dienone is 1. The smallest absolute Gasteiger partial charge is 0.149 e. The van der Waals surface area contributed by atoms with Gasteiger partial charge in [-0.2, -0.15) is 0 Å². The lowest BCUT2D eigenvalue weighted by atomic mass is 9.58. The van der Waals surface area contributed by atoms with Gasteiger partial charge in [0.1, 0.15) is 5.78 Å². The molecule has 0 unspecified atom stereocenters. The van der Waals surface area contributed by atoms with Gasteiger partial charge in [-0.05, 0) is 38.7 Å². The summed E-state index contributed by atoms with van der Waals surface area (Å²) in [6.45, 7) is 10.2. The molecule has 19 heavy (non-hydrogen) atoms. The first kappa shape index (κ1) is 14.0. The van der Waals surface area contributed by atoms with E-state index in [2.05, 4.69) is 32.6 Å². The van der Waals surface area contributed by atoms with Gasteiger partial charge in [0.05, 0.1) is 5.41 Å². The second-order valence-electron chi connectivity index (χ2n) is 6.58. The molecule has 1 aromatic carbocycles. The van der Waals surface area contributed by atoms with Crippen LogP contribution in [0, 0.1) is 5.41 Å². The predicted molar refractivity (Wildman–Crippen MR) is 80.2 cm³/mol. The van der Waals surface area contributed by atoms with Crippen molar-refractivity contribution in [1.82, 2.24) is 0 Å². The number of Topliss-reactive ketones (excluding diaryl/α,β-unsaturated/α-hetero) is 1. The molecule has 0 N–H and O–H groups in total. The topological polar surface area (TPSA) is 17.1 Å². The summed E-state index contributed by atoms with van der Waals surface area (Å²) in [5, 5.41) is 0. The van der Waals surface area contributed by atoms with Gasteiger partial charge >= 0.3 is 0 Å². The molecule has 0 amide bonds. The Morgan fingerprint density at radius 1 is 1.21 bits per heavy atom. The molecule has 1 aliphatic rings. The van der Waals surface area contributed by atoms with Gasteiger partial charge in [0.2, 0.25) is 0 Å². The van der Waals surface area contributed by atoms with Gasteiger partial charge < -0.3 is 0 Å². The van der Waals surface area contributed by atoms with Crippen LogP contribution < -0.4 is 0 Å². The summed E-state index contributed by atoms with van der Waals surface area (Å²) in [4.78, 5) is 13.1. The van der Waals surface area contributed by atoms with Gasteiger partial charge in [0.15, 0.2) is 0 Å². The monoisotopic (exact) mass is 256 g/mol. The molecule has 2 rings (SSSR count). The summed E-state index contributed by atoms with van der Waals surface area (Å²) < 4.78 is 0. The fourth-order valence-corrected chi connectivity index (χ4v) is 3.64. The minimum atomic E-state index is -0.330. The van der Waals surface area contributed by atoms with Crippen LogP contribution in [-0.4, -0.2) is 5.78 Å². The Morgan fingerprint density at radius 2 is 1.84 bits per heavy atom. The van der Waals surface area contributed by atoms with Crippen molar-refractivity contribution in [3.63, 3.8) is 0 Å². The zero-order valence-electron chi connectivity index (χ0n) is 12.3. The van der Waals surface area contributed by atoms with Gasteiger partial charge in [0, 0.05) is 5.41 Å². The van der Waals surface area contributed by atoms with E-state index in [9.17, 15) is 4.79 Å². The molecule has 1 heteroatoms. The molecule has 2 atom stereocenters. The van der Waals surface area contributed by atoms with E-state index < -0.39 is 0 Å². The summed E-state index contributed by atoms with van der Waals surface area (Å²) in [7, 11) is 0. The molecule has 1 nitrogen and oxygen atoms in total.